The zero-order valence-corrected chi connectivity index (χ0v) is 11.8. The number of hydrogen-bond donors (Lipinski definition) is 0. The monoisotopic (exact) mass is 343 g/mol. The van der Waals surface area contributed by atoms with Crippen molar-refractivity contribution in [2.45, 2.75) is 0 Å². The van der Waals surface area contributed by atoms with Crippen LogP contribution in [0.1, 0.15) is 0 Å². The number of nitrogens with zero attached hydrogens (tertiary/aromatic N) is 5. The SMILES string of the molecule is O=c1onc(-c2nsnc2[N+](=O)[O-])n1-c1ccc(F)c(Cl)c1. The summed E-state index contributed by atoms with van der Waals surface area (Å²) >= 11 is 6.25. The molecular weight excluding hydrogens is 341 g/mol. The molecule has 0 amide bonds. The van der Waals surface area contributed by atoms with Crippen molar-refractivity contribution in [1.29, 1.82) is 0 Å². The Hall–Kier alpha value is -2.66. The van der Waals surface area contributed by atoms with E-state index in [1.807, 2.05) is 0 Å². The fourth-order valence-corrected chi connectivity index (χ4v) is 2.39. The van der Waals surface area contributed by atoms with Crippen LogP contribution in [-0.4, -0.2) is 23.4 Å². The van der Waals surface area contributed by atoms with Gasteiger partial charge >= 0.3 is 11.6 Å². The maximum absolute atomic E-state index is 13.2. The fourth-order valence-electron chi connectivity index (χ4n) is 1.70. The molecule has 2 heterocycles. The lowest BCUT2D eigenvalue weighted by Gasteiger charge is -2.03. The second kappa shape index (κ2) is 5.27. The van der Waals surface area contributed by atoms with Gasteiger partial charge in [-0.25, -0.2) is 13.8 Å². The Labute approximate surface area is 129 Å². The molecule has 3 aromatic rings. The normalized spacial score (nSPS) is 10.8. The van der Waals surface area contributed by atoms with Crippen LogP contribution in [-0.2, 0) is 0 Å². The summed E-state index contributed by atoms with van der Waals surface area (Å²) in [6.07, 6.45) is 0. The molecule has 9 nitrogen and oxygen atoms in total. The summed E-state index contributed by atoms with van der Waals surface area (Å²) in [4.78, 5) is 21.9. The van der Waals surface area contributed by atoms with Crippen molar-refractivity contribution < 1.29 is 13.8 Å². The van der Waals surface area contributed by atoms with Crippen LogP contribution in [0.15, 0.2) is 27.5 Å². The van der Waals surface area contributed by atoms with Gasteiger partial charge in [0.25, 0.3) is 0 Å². The molecule has 0 fully saturated rings. The van der Waals surface area contributed by atoms with Crippen molar-refractivity contribution in [3.63, 3.8) is 0 Å². The predicted molar refractivity (Wildman–Crippen MR) is 72.6 cm³/mol. The van der Waals surface area contributed by atoms with E-state index in [-0.39, 0.29) is 22.2 Å². The van der Waals surface area contributed by atoms with E-state index in [1.165, 1.54) is 6.07 Å². The highest BCUT2D eigenvalue weighted by Crippen LogP contribution is 2.28. The molecule has 0 bridgehead atoms. The summed E-state index contributed by atoms with van der Waals surface area (Å²) in [5, 5.41) is 14.1. The Bertz CT molecular complexity index is 936. The summed E-state index contributed by atoms with van der Waals surface area (Å²) < 4.78 is 25.9. The average molecular weight is 344 g/mol. The molecule has 0 unspecified atom stereocenters. The predicted octanol–water partition coefficient (Wildman–Crippen LogP) is 2.04. The van der Waals surface area contributed by atoms with Gasteiger partial charge in [-0.2, -0.15) is 0 Å². The molecule has 22 heavy (non-hydrogen) atoms. The van der Waals surface area contributed by atoms with E-state index >= 15 is 0 Å². The average Bonchev–Trinajstić information content (AvgIpc) is 3.08. The van der Waals surface area contributed by atoms with Crippen LogP contribution in [0.4, 0.5) is 10.2 Å². The molecule has 3 rings (SSSR count). The number of aromatic nitrogens is 4. The van der Waals surface area contributed by atoms with E-state index in [0.29, 0.717) is 11.7 Å². The summed E-state index contributed by atoms with van der Waals surface area (Å²) in [5.41, 5.74) is -0.115. The molecule has 0 aliphatic heterocycles. The highest BCUT2D eigenvalue weighted by molar-refractivity contribution is 6.99. The lowest BCUT2D eigenvalue weighted by molar-refractivity contribution is -0.388. The quantitative estimate of drug-likeness (QED) is 0.527. The summed E-state index contributed by atoms with van der Waals surface area (Å²) in [6.45, 7) is 0. The van der Waals surface area contributed by atoms with Gasteiger partial charge in [-0.15, -0.1) is 4.37 Å². The minimum absolute atomic E-state index is 0.120. The van der Waals surface area contributed by atoms with E-state index in [4.69, 9.17) is 11.6 Å². The van der Waals surface area contributed by atoms with Crippen molar-refractivity contribution in [3.8, 4) is 17.2 Å². The Morgan fingerprint density at radius 1 is 1.41 bits per heavy atom. The minimum atomic E-state index is -0.931. The van der Waals surface area contributed by atoms with Gasteiger partial charge in [0, 0.05) is 0 Å². The number of halogens is 2. The van der Waals surface area contributed by atoms with Crippen molar-refractivity contribution >= 4 is 29.1 Å². The molecule has 0 N–H and O–H groups in total. The Balaban J connectivity index is 2.24. The van der Waals surface area contributed by atoms with E-state index in [9.17, 15) is 19.3 Å². The Morgan fingerprint density at radius 3 is 2.86 bits per heavy atom. The zero-order chi connectivity index (χ0) is 15.9. The van der Waals surface area contributed by atoms with Crippen LogP contribution in [0.3, 0.4) is 0 Å². The molecular formula is C10H3ClFN5O4S. The van der Waals surface area contributed by atoms with Gasteiger partial charge in [0.2, 0.25) is 23.2 Å². The first kappa shape index (κ1) is 14.3. The van der Waals surface area contributed by atoms with Gasteiger partial charge < -0.3 is 10.1 Å². The van der Waals surface area contributed by atoms with Crippen molar-refractivity contribution in [3.05, 3.63) is 49.7 Å². The fraction of sp³-hybridized carbons (Fsp3) is 0. The van der Waals surface area contributed by atoms with Crippen molar-refractivity contribution in [2.24, 2.45) is 0 Å². The largest absolute Gasteiger partial charge is 0.446 e. The van der Waals surface area contributed by atoms with Crippen LogP contribution in [0.2, 0.25) is 5.02 Å². The molecule has 0 aliphatic carbocycles. The molecule has 112 valence electrons. The molecule has 0 saturated carbocycles. The molecule has 2 aromatic heterocycles. The van der Waals surface area contributed by atoms with Crippen LogP contribution in [0, 0.1) is 15.9 Å². The number of nitro groups is 1. The third kappa shape index (κ3) is 2.25. The lowest BCUT2D eigenvalue weighted by Crippen LogP contribution is -2.13. The zero-order valence-electron chi connectivity index (χ0n) is 10.3. The molecule has 0 spiro atoms. The molecule has 0 saturated heterocycles. The van der Waals surface area contributed by atoms with E-state index < -0.39 is 22.3 Å². The van der Waals surface area contributed by atoms with Crippen LogP contribution in [0.25, 0.3) is 17.2 Å². The molecule has 0 aliphatic rings. The van der Waals surface area contributed by atoms with Gasteiger partial charge in [-0.3, -0.25) is 4.52 Å². The maximum atomic E-state index is 13.2. The third-order valence-corrected chi connectivity index (χ3v) is 3.43. The van der Waals surface area contributed by atoms with Crippen LogP contribution in [0.5, 0.6) is 0 Å². The van der Waals surface area contributed by atoms with Gasteiger partial charge in [-0.1, -0.05) is 16.8 Å². The van der Waals surface area contributed by atoms with Gasteiger partial charge in [0.15, 0.2) is 0 Å². The summed E-state index contributed by atoms with van der Waals surface area (Å²) in [5.74, 6) is -2.41. The first-order valence-corrected chi connectivity index (χ1v) is 6.61. The molecule has 1 aromatic carbocycles. The van der Waals surface area contributed by atoms with Crippen LogP contribution >= 0.6 is 23.3 Å². The van der Waals surface area contributed by atoms with Gasteiger partial charge in [0.1, 0.15) is 5.82 Å². The topological polar surface area (TPSA) is 117 Å². The first-order chi connectivity index (χ1) is 10.5. The van der Waals surface area contributed by atoms with E-state index in [0.717, 1.165) is 16.7 Å². The standard InChI is InChI=1S/C10H3ClFN5O4S/c11-5-3-4(1-2-6(5)12)16-8(13-21-10(16)18)7-9(17(19)20)15-22-14-7/h1-3H. The smallest absolute Gasteiger partial charge is 0.358 e. The third-order valence-electron chi connectivity index (χ3n) is 2.62. The van der Waals surface area contributed by atoms with Crippen molar-refractivity contribution in [1.82, 2.24) is 18.5 Å². The van der Waals surface area contributed by atoms with Gasteiger partial charge in [0.05, 0.1) is 15.1 Å². The first-order valence-electron chi connectivity index (χ1n) is 5.50. The minimum Gasteiger partial charge on any atom is -0.358 e. The lowest BCUT2D eigenvalue weighted by atomic mass is 10.3. The molecule has 0 atom stereocenters. The number of benzene rings is 1. The Kier molecular flexibility index (Phi) is 3.42. The molecule has 12 heteroatoms. The van der Waals surface area contributed by atoms with E-state index in [2.05, 4.69) is 18.4 Å². The summed E-state index contributed by atoms with van der Waals surface area (Å²) in [7, 11) is 0. The summed E-state index contributed by atoms with van der Waals surface area (Å²) in [6, 6.07) is 3.44. The number of hydrogen-bond acceptors (Lipinski definition) is 8. The number of rotatable bonds is 3. The second-order valence-corrected chi connectivity index (χ2v) is 4.84. The Morgan fingerprint density at radius 2 is 2.18 bits per heavy atom. The van der Waals surface area contributed by atoms with Crippen molar-refractivity contribution in [2.75, 3.05) is 0 Å². The second-order valence-electron chi connectivity index (χ2n) is 3.90. The molecule has 0 radical (unpaired) electrons. The highest BCUT2D eigenvalue weighted by atomic mass is 35.5. The maximum Gasteiger partial charge on any atom is 0.446 e. The highest BCUT2D eigenvalue weighted by Gasteiger charge is 2.28. The van der Waals surface area contributed by atoms with Crippen LogP contribution < -0.4 is 5.76 Å². The van der Waals surface area contributed by atoms with Gasteiger partial charge in [-0.05, 0) is 23.1 Å². The van der Waals surface area contributed by atoms with E-state index in [1.54, 1.807) is 0 Å².